The van der Waals surface area contributed by atoms with E-state index in [4.69, 9.17) is 4.74 Å². The van der Waals surface area contributed by atoms with Gasteiger partial charge in [0.2, 0.25) is 0 Å². The summed E-state index contributed by atoms with van der Waals surface area (Å²) in [6.45, 7) is 2.63. The molecule has 0 saturated carbocycles. The molecule has 5 heteroatoms. The van der Waals surface area contributed by atoms with Gasteiger partial charge in [-0.05, 0) is 12.8 Å². The second kappa shape index (κ2) is 17.0. The molecule has 0 unspecified atom stereocenters. The number of rotatable bonds is 14. The molecule has 0 aliphatic carbocycles. The van der Waals surface area contributed by atoms with Crippen LogP contribution in [0.5, 0.6) is 0 Å². The van der Waals surface area contributed by atoms with E-state index in [-0.39, 0.29) is 19.0 Å². The van der Waals surface area contributed by atoms with Crippen LogP contribution < -0.4 is 11.3 Å². The lowest BCUT2D eigenvalue weighted by Gasteiger charge is -2.05. The Kier molecular flexibility index (Phi) is 17.9. The lowest BCUT2D eigenvalue weighted by Crippen LogP contribution is -2.23. The summed E-state index contributed by atoms with van der Waals surface area (Å²) in [4.78, 5) is 21.2. The van der Waals surface area contributed by atoms with E-state index in [0.29, 0.717) is 6.61 Å². The fourth-order valence-electron chi connectivity index (χ4n) is 2.05. The van der Waals surface area contributed by atoms with Crippen molar-refractivity contribution in [2.24, 2.45) is 0 Å². The molecule has 0 heterocycles. The van der Waals surface area contributed by atoms with E-state index in [1.165, 1.54) is 51.4 Å². The van der Waals surface area contributed by atoms with Crippen molar-refractivity contribution in [3.05, 3.63) is 0 Å². The van der Waals surface area contributed by atoms with Gasteiger partial charge in [-0.1, -0.05) is 64.7 Å². The third kappa shape index (κ3) is 18.9. The Bertz CT molecular complexity index is 257. The van der Waals surface area contributed by atoms with Gasteiger partial charge in [-0.15, -0.1) is 0 Å². The summed E-state index contributed by atoms with van der Waals surface area (Å²) < 4.78 is 4.93. The van der Waals surface area contributed by atoms with Gasteiger partial charge >= 0.3 is 5.97 Å². The average Bonchev–Trinajstić information content (AvgIpc) is 2.42. The third-order valence-corrected chi connectivity index (χ3v) is 3.29. The van der Waals surface area contributed by atoms with Crippen molar-refractivity contribution in [3.8, 4) is 0 Å². The number of carbonyl (C=O) groups excluding carboxylic acids is 2. The highest BCUT2D eigenvalue weighted by Crippen LogP contribution is 2.10. The molecule has 5 nitrogen and oxygen atoms in total. The molecule has 0 aliphatic heterocycles. The first-order chi connectivity index (χ1) is 9.66. The van der Waals surface area contributed by atoms with E-state index in [1.54, 1.807) is 0 Å². The molecule has 0 aromatic heterocycles. The van der Waals surface area contributed by atoms with Gasteiger partial charge in [0, 0.05) is 5.97 Å². The van der Waals surface area contributed by atoms with Crippen molar-refractivity contribution < 1.29 is 19.4 Å². The monoisotopic (exact) mass is 303 g/mol. The zero-order valence-corrected chi connectivity index (χ0v) is 13.8. The molecule has 0 spiro atoms. The molecule has 21 heavy (non-hydrogen) atoms. The van der Waals surface area contributed by atoms with Gasteiger partial charge in [-0.25, -0.2) is 0 Å². The van der Waals surface area contributed by atoms with Crippen molar-refractivity contribution >= 4 is 11.9 Å². The summed E-state index contributed by atoms with van der Waals surface area (Å²) in [5.74, 6) is -1.65. The number of unbranched alkanes of at least 4 members (excludes halogenated alkanes) is 9. The van der Waals surface area contributed by atoms with Crippen LogP contribution in [-0.4, -0.2) is 18.5 Å². The van der Waals surface area contributed by atoms with E-state index in [1.807, 2.05) is 0 Å². The van der Waals surface area contributed by atoms with Crippen LogP contribution in [0, 0.1) is 0 Å². The second-order valence-electron chi connectivity index (χ2n) is 5.27. The van der Waals surface area contributed by atoms with Crippen LogP contribution in [0.1, 0.15) is 84.0 Å². The summed E-state index contributed by atoms with van der Waals surface area (Å²) >= 11 is 0. The van der Waals surface area contributed by atoms with E-state index in [0.717, 1.165) is 12.8 Å². The van der Waals surface area contributed by atoms with Gasteiger partial charge in [-0.3, -0.25) is 4.79 Å². The zero-order valence-electron chi connectivity index (χ0n) is 13.8. The van der Waals surface area contributed by atoms with Gasteiger partial charge in [0.05, 0.1) is 13.0 Å². The number of carboxylic acids is 1. The lowest BCUT2D eigenvalue weighted by molar-refractivity contribution is -0.305. The first-order valence-corrected chi connectivity index (χ1v) is 8.02. The number of hydrogen-bond donors (Lipinski definition) is 1. The Morgan fingerprint density at radius 2 is 1.29 bits per heavy atom. The molecule has 0 fully saturated rings. The maximum atomic E-state index is 11.1. The van der Waals surface area contributed by atoms with Crippen molar-refractivity contribution in [2.45, 2.75) is 84.0 Å². The van der Waals surface area contributed by atoms with Gasteiger partial charge in [-0.2, -0.15) is 0 Å². The summed E-state index contributed by atoms with van der Waals surface area (Å²) in [6, 6.07) is 0. The first-order valence-electron chi connectivity index (χ1n) is 8.02. The minimum absolute atomic E-state index is 0. The van der Waals surface area contributed by atoms with Crippen LogP contribution in [0.25, 0.3) is 0 Å². The molecule has 0 atom stereocenters. The largest absolute Gasteiger partial charge is 0.550 e. The Morgan fingerprint density at radius 1 is 0.810 bits per heavy atom. The molecule has 0 aliphatic rings. The fourth-order valence-corrected chi connectivity index (χ4v) is 2.05. The maximum Gasteiger partial charge on any atom is 0.306 e. The quantitative estimate of drug-likeness (QED) is 0.392. The Hall–Kier alpha value is -1.10. The van der Waals surface area contributed by atoms with Crippen molar-refractivity contribution in [1.29, 1.82) is 0 Å². The third-order valence-electron chi connectivity index (χ3n) is 3.29. The molecular weight excluding hydrogens is 270 g/mol. The van der Waals surface area contributed by atoms with Crippen LogP contribution in [0.4, 0.5) is 0 Å². The van der Waals surface area contributed by atoms with E-state index >= 15 is 0 Å². The Balaban J connectivity index is 0. The zero-order chi connectivity index (χ0) is 15.1. The smallest absolute Gasteiger partial charge is 0.306 e. The summed E-state index contributed by atoms with van der Waals surface area (Å²) in [5.41, 5.74) is 0. The molecule has 0 aromatic carbocycles. The maximum absolute atomic E-state index is 11.1. The van der Waals surface area contributed by atoms with Crippen LogP contribution in [0.2, 0.25) is 0 Å². The van der Waals surface area contributed by atoms with E-state index < -0.39 is 11.9 Å². The summed E-state index contributed by atoms with van der Waals surface area (Å²) in [5, 5.41) is 10.1. The molecule has 0 amide bonds. The van der Waals surface area contributed by atoms with Crippen LogP contribution in [0.15, 0.2) is 0 Å². The number of carbonyl (C=O) groups is 2. The predicted octanol–water partition coefficient (Wildman–Crippen LogP) is 3.36. The summed E-state index contributed by atoms with van der Waals surface area (Å²) in [7, 11) is 0. The first kappa shape index (κ1) is 22.2. The molecule has 0 aromatic rings. The standard InChI is InChI=1S/C16H30O4.H3N/c1-2-3-4-5-6-7-8-9-10-11-14-20-16(19)13-12-15(17)18;/h2-14H2,1H3,(H,17,18);1H3. The number of ether oxygens (including phenoxy) is 1. The van der Waals surface area contributed by atoms with Crippen molar-refractivity contribution in [2.75, 3.05) is 6.61 Å². The highest BCUT2D eigenvalue weighted by atomic mass is 16.5. The molecular formula is C16H33NO4. The lowest BCUT2D eigenvalue weighted by atomic mass is 10.1. The fraction of sp³-hybridized carbons (Fsp3) is 0.875. The number of aliphatic carboxylic acids is 1. The van der Waals surface area contributed by atoms with Crippen LogP contribution >= 0.6 is 0 Å². The van der Waals surface area contributed by atoms with Crippen LogP contribution in [-0.2, 0) is 14.3 Å². The average molecular weight is 303 g/mol. The topological polar surface area (TPSA) is 103 Å². The predicted molar refractivity (Wildman–Crippen MR) is 83.0 cm³/mol. The Morgan fingerprint density at radius 3 is 1.76 bits per heavy atom. The number of carboxylic acid groups (broad SMARTS) is 1. The van der Waals surface area contributed by atoms with Crippen molar-refractivity contribution in [3.63, 3.8) is 0 Å². The minimum atomic E-state index is -1.21. The van der Waals surface area contributed by atoms with Crippen molar-refractivity contribution in [1.82, 2.24) is 6.15 Å². The molecule has 126 valence electrons. The van der Waals surface area contributed by atoms with E-state index in [9.17, 15) is 14.7 Å². The molecule has 0 radical (unpaired) electrons. The van der Waals surface area contributed by atoms with Crippen LogP contribution in [0.3, 0.4) is 0 Å². The number of esters is 1. The Labute approximate surface area is 129 Å². The van der Waals surface area contributed by atoms with Gasteiger partial charge < -0.3 is 20.8 Å². The molecule has 0 saturated heterocycles. The molecule has 0 bridgehead atoms. The van der Waals surface area contributed by atoms with E-state index in [2.05, 4.69) is 6.92 Å². The summed E-state index contributed by atoms with van der Waals surface area (Å²) in [6.07, 6.45) is 12.0. The number of hydrogen-bond acceptors (Lipinski definition) is 4. The highest BCUT2D eigenvalue weighted by Gasteiger charge is 2.02. The minimum Gasteiger partial charge on any atom is -0.550 e. The highest BCUT2D eigenvalue weighted by molar-refractivity contribution is 5.75. The number of quaternary nitrogens is 1. The molecule has 4 N–H and O–H groups in total. The van der Waals surface area contributed by atoms with Gasteiger partial charge in [0.15, 0.2) is 0 Å². The normalized spacial score (nSPS) is 9.95. The van der Waals surface area contributed by atoms with Gasteiger partial charge in [0.1, 0.15) is 0 Å². The second-order valence-corrected chi connectivity index (χ2v) is 5.27. The SMILES string of the molecule is CCCCCCCCCCCCOC(=O)CCC(=O)[O-].[NH4+]. The molecule has 0 rings (SSSR count). The van der Waals surface area contributed by atoms with Gasteiger partial charge in [0.25, 0.3) is 0 Å².